The molecule has 2 aliphatic heterocycles. The number of aliphatic hydroxyl groups excluding tert-OH is 1. The Hall–Kier alpha value is -2.85. The average molecular weight is 520 g/mol. The van der Waals surface area contributed by atoms with Crippen molar-refractivity contribution in [1.29, 1.82) is 0 Å². The summed E-state index contributed by atoms with van der Waals surface area (Å²) in [5.41, 5.74) is 0.832. The molecule has 2 amide bonds. The summed E-state index contributed by atoms with van der Waals surface area (Å²) >= 11 is 0. The zero-order valence-electron chi connectivity index (χ0n) is 22.2. The molecule has 2 N–H and O–H groups in total. The Morgan fingerprint density at radius 1 is 1.05 bits per heavy atom. The summed E-state index contributed by atoms with van der Waals surface area (Å²) in [6.45, 7) is 8.14. The Kier molecular flexibility index (Phi) is 10.6. The minimum absolute atomic E-state index is 0.00736. The number of carboxylic acid groups (broad SMARTS) is 1. The maximum atomic E-state index is 13.4. The lowest BCUT2D eigenvalue weighted by Gasteiger charge is -2.31. The van der Waals surface area contributed by atoms with Crippen LogP contribution in [-0.4, -0.2) is 101 Å². The quantitative estimate of drug-likeness (QED) is 0.384. The number of fused-ring (bicyclic) bond motifs is 1. The first kappa shape index (κ1) is 28.7. The Balaban J connectivity index is 1.88. The summed E-state index contributed by atoms with van der Waals surface area (Å²) in [4.78, 5) is 43.5. The van der Waals surface area contributed by atoms with Crippen LogP contribution in [0.1, 0.15) is 57.9 Å². The predicted octanol–water partition coefficient (Wildman–Crippen LogP) is 2.15. The lowest BCUT2D eigenvalue weighted by atomic mass is 9.84. The molecule has 0 aliphatic carbocycles. The average Bonchev–Trinajstić information content (AvgIpc) is 3.48. The minimum atomic E-state index is -0.920. The third kappa shape index (κ3) is 7.13. The van der Waals surface area contributed by atoms with E-state index >= 15 is 0 Å². The van der Waals surface area contributed by atoms with Crippen LogP contribution in [0.15, 0.2) is 18.2 Å². The summed E-state index contributed by atoms with van der Waals surface area (Å²) in [5.74, 6) is -0.919. The van der Waals surface area contributed by atoms with Gasteiger partial charge in [0, 0.05) is 58.2 Å². The molecule has 0 bridgehead atoms. The number of aliphatic hydroxyl groups is 1. The number of hydrogen-bond acceptors (Lipinski definition) is 7. The van der Waals surface area contributed by atoms with Crippen LogP contribution < -0.4 is 9.47 Å². The zero-order chi connectivity index (χ0) is 26.9. The second-order valence-corrected chi connectivity index (χ2v) is 9.78. The third-order valence-electron chi connectivity index (χ3n) is 7.44. The molecule has 10 heteroatoms. The van der Waals surface area contributed by atoms with Gasteiger partial charge in [-0.3, -0.25) is 19.3 Å². The number of unbranched alkanes of at least 4 members (excludes halogenated alkanes) is 1. The van der Waals surface area contributed by atoms with Crippen LogP contribution in [0.2, 0.25) is 0 Å². The fourth-order valence-electron chi connectivity index (χ4n) is 5.41. The summed E-state index contributed by atoms with van der Waals surface area (Å²) in [6.07, 6.45) is 2.76. The molecule has 1 fully saturated rings. The van der Waals surface area contributed by atoms with Crippen molar-refractivity contribution in [1.82, 2.24) is 14.7 Å². The number of nitrogens with zero attached hydrogens (tertiary/aromatic N) is 3. The number of benzene rings is 1. The van der Waals surface area contributed by atoms with E-state index in [0.717, 1.165) is 18.4 Å². The highest BCUT2D eigenvalue weighted by molar-refractivity contribution is 5.79. The van der Waals surface area contributed by atoms with Crippen molar-refractivity contribution in [3.8, 4) is 11.5 Å². The Morgan fingerprint density at radius 3 is 2.43 bits per heavy atom. The van der Waals surface area contributed by atoms with Crippen molar-refractivity contribution in [2.24, 2.45) is 5.92 Å². The molecule has 10 nitrogen and oxygen atoms in total. The number of hydrogen-bond donors (Lipinski definition) is 2. The van der Waals surface area contributed by atoms with Gasteiger partial charge in [-0.1, -0.05) is 19.4 Å². The monoisotopic (exact) mass is 519 g/mol. The first-order valence-electron chi connectivity index (χ1n) is 13.3. The molecule has 1 saturated heterocycles. The van der Waals surface area contributed by atoms with Gasteiger partial charge in [0.2, 0.25) is 18.6 Å². The topological polar surface area (TPSA) is 120 Å². The number of likely N-dealkylation sites (tertiary alicyclic amines) is 1. The van der Waals surface area contributed by atoms with Crippen LogP contribution in [-0.2, 0) is 14.4 Å². The van der Waals surface area contributed by atoms with Crippen LogP contribution in [0, 0.1) is 5.92 Å². The fraction of sp³-hybridized carbons (Fsp3) is 0.667. The van der Waals surface area contributed by atoms with Crippen LogP contribution >= 0.6 is 0 Å². The summed E-state index contributed by atoms with van der Waals surface area (Å²) in [5, 5.41) is 19.6. The van der Waals surface area contributed by atoms with E-state index in [1.807, 2.05) is 24.0 Å². The fourth-order valence-corrected chi connectivity index (χ4v) is 5.41. The number of amides is 2. The molecule has 3 atom stereocenters. The van der Waals surface area contributed by atoms with Crippen molar-refractivity contribution in [3.05, 3.63) is 23.8 Å². The highest BCUT2D eigenvalue weighted by Gasteiger charge is 2.47. The van der Waals surface area contributed by atoms with Crippen molar-refractivity contribution in [2.75, 3.05) is 52.7 Å². The van der Waals surface area contributed by atoms with Gasteiger partial charge in [0.1, 0.15) is 0 Å². The van der Waals surface area contributed by atoms with Crippen molar-refractivity contribution < 1.29 is 34.1 Å². The summed E-state index contributed by atoms with van der Waals surface area (Å²) in [6, 6.07) is 5.10. The molecule has 1 aromatic rings. The molecule has 3 unspecified atom stereocenters. The minimum Gasteiger partial charge on any atom is -0.481 e. The van der Waals surface area contributed by atoms with Gasteiger partial charge in [-0.25, -0.2) is 0 Å². The Morgan fingerprint density at radius 2 is 1.78 bits per heavy atom. The number of carbonyl (C=O) groups is 3. The molecular formula is C27H41N3O7. The molecule has 206 valence electrons. The predicted molar refractivity (Wildman–Crippen MR) is 138 cm³/mol. The largest absolute Gasteiger partial charge is 0.481 e. The van der Waals surface area contributed by atoms with Gasteiger partial charge < -0.3 is 29.5 Å². The maximum Gasteiger partial charge on any atom is 0.308 e. The van der Waals surface area contributed by atoms with Crippen molar-refractivity contribution in [3.63, 3.8) is 0 Å². The van der Waals surface area contributed by atoms with Gasteiger partial charge in [-0.2, -0.15) is 0 Å². The molecule has 0 radical (unpaired) electrons. The SMILES string of the molecule is CCCCN(CCCO)C(=O)CN1CC(c2ccc3c(c2)OCO3)C(C(=O)O)C1CCN(CC)C(C)=O. The molecule has 2 heterocycles. The number of rotatable bonds is 14. The van der Waals surface area contributed by atoms with E-state index in [1.54, 1.807) is 15.9 Å². The molecule has 0 aromatic heterocycles. The van der Waals surface area contributed by atoms with E-state index < -0.39 is 17.9 Å². The van der Waals surface area contributed by atoms with E-state index in [2.05, 4.69) is 6.92 Å². The van der Waals surface area contributed by atoms with Gasteiger partial charge in [0.05, 0.1) is 12.5 Å². The van der Waals surface area contributed by atoms with Crippen LogP contribution in [0.25, 0.3) is 0 Å². The number of carbonyl (C=O) groups excluding carboxylic acids is 2. The van der Waals surface area contributed by atoms with Crippen LogP contribution in [0.3, 0.4) is 0 Å². The summed E-state index contributed by atoms with van der Waals surface area (Å²) < 4.78 is 11.0. The lowest BCUT2D eigenvalue weighted by molar-refractivity contribution is -0.144. The highest BCUT2D eigenvalue weighted by Crippen LogP contribution is 2.42. The second kappa shape index (κ2) is 13.6. The second-order valence-electron chi connectivity index (χ2n) is 9.78. The van der Waals surface area contributed by atoms with Gasteiger partial charge >= 0.3 is 5.97 Å². The highest BCUT2D eigenvalue weighted by atomic mass is 16.7. The normalized spacial score (nSPS) is 20.7. The van der Waals surface area contributed by atoms with Gasteiger partial charge in [0.25, 0.3) is 0 Å². The number of ether oxygens (including phenoxy) is 2. The van der Waals surface area contributed by atoms with Crippen LogP contribution in [0.4, 0.5) is 0 Å². The van der Waals surface area contributed by atoms with Crippen LogP contribution in [0.5, 0.6) is 11.5 Å². The van der Waals surface area contributed by atoms with E-state index in [-0.39, 0.29) is 37.7 Å². The third-order valence-corrected chi connectivity index (χ3v) is 7.44. The molecular weight excluding hydrogens is 478 g/mol. The smallest absolute Gasteiger partial charge is 0.308 e. The molecule has 3 rings (SSSR count). The van der Waals surface area contributed by atoms with Gasteiger partial charge in [-0.05, 0) is 43.9 Å². The standard InChI is InChI=1S/C27H41N3O7/c1-4-6-11-29(12-7-14-31)25(33)17-30-16-21(20-8-9-23-24(15-20)37-18-36-23)26(27(34)35)22(30)10-13-28(5-2)19(3)32/h8-9,15,21-22,26,31H,4-7,10-14,16-18H2,1-3H3,(H,34,35). The first-order chi connectivity index (χ1) is 17.8. The maximum absolute atomic E-state index is 13.4. The summed E-state index contributed by atoms with van der Waals surface area (Å²) in [7, 11) is 0. The molecule has 0 spiro atoms. The van der Waals surface area contributed by atoms with Gasteiger partial charge in [-0.15, -0.1) is 0 Å². The lowest BCUT2D eigenvalue weighted by Crippen LogP contribution is -2.46. The molecule has 37 heavy (non-hydrogen) atoms. The van der Waals surface area contributed by atoms with E-state index in [9.17, 15) is 24.6 Å². The van der Waals surface area contributed by atoms with E-state index in [0.29, 0.717) is 57.1 Å². The number of carboxylic acids is 1. The number of aliphatic carboxylic acids is 1. The van der Waals surface area contributed by atoms with Crippen molar-refractivity contribution >= 4 is 17.8 Å². The van der Waals surface area contributed by atoms with Gasteiger partial charge in [0.15, 0.2) is 11.5 Å². The van der Waals surface area contributed by atoms with E-state index in [4.69, 9.17) is 9.47 Å². The first-order valence-corrected chi connectivity index (χ1v) is 13.3. The molecule has 1 aromatic carbocycles. The Bertz CT molecular complexity index is 933. The zero-order valence-corrected chi connectivity index (χ0v) is 22.2. The van der Waals surface area contributed by atoms with Crippen molar-refractivity contribution in [2.45, 2.75) is 58.4 Å². The van der Waals surface area contributed by atoms with E-state index in [1.165, 1.54) is 6.92 Å². The Labute approximate surface area is 219 Å². The molecule has 2 aliphatic rings. The molecule has 0 saturated carbocycles.